The van der Waals surface area contributed by atoms with Gasteiger partial charge < -0.3 is 9.64 Å². The van der Waals surface area contributed by atoms with Gasteiger partial charge in [-0.3, -0.25) is 0 Å². The number of hydrogen-bond acceptors (Lipinski definition) is 5. The topological polar surface area (TPSA) is 55.3 Å². The van der Waals surface area contributed by atoms with Crippen molar-refractivity contribution in [3.05, 3.63) is 17.8 Å². The highest BCUT2D eigenvalue weighted by atomic mass is 16.5. The van der Waals surface area contributed by atoms with Gasteiger partial charge in [0.05, 0.1) is 7.11 Å². The molecule has 0 amide bonds. The third kappa shape index (κ3) is 2.44. The third-order valence-electron chi connectivity index (χ3n) is 3.50. The molecule has 2 heterocycles. The molecule has 0 unspecified atom stereocenters. The van der Waals surface area contributed by atoms with Crippen LogP contribution in [0.5, 0.6) is 0 Å². The second-order valence-corrected chi connectivity index (χ2v) is 4.80. The molecule has 1 fully saturated rings. The molecule has 2 rings (SSSR count). The van der Waals surface area contributed by atoms with Gasteiger partial charge in [0, 0.05) is 12.1 Å². The molecule has 5 heteroatoms. The van der Waals surface area contributed by atoms with Crippen LogP contribution in [-0.2, 0) is 4.74 Å². The Hall–Kier alpha value is -1.65. The van der Waals surface area contributed by atoms with Gasteiger partial charge in [0.2, 0.25) is 0 Å². The number of ether oxygens (including phenoxy) is 1. The van der Waals surface area contributed by atoms with Crippen molar-refractivity contribution in [2.45, 2.75) is 45.2 Å². The molecule has 0 radical (unpaired) electrons. The number of nitrogens with zero attached hydrogens (tertiary/aromatic N) is 3. The molecule has 98 valence electrons. The summed E-state index contributed by atoms with van der Waals surface area (Å²) in [6.45, 7) is 4.40. The molecular weight excluding hydrogens is 230 g/mol. The number of esters is 1. The maximum absolute atomic E-state index is 11.3. The summed E-state index contributed by atoms with van der Waals surface area (Å²) in [4.78, 5) is 13.6. The van der Waals surface area contributed by atoms with Gasteiger partial charge in [0.15, 0.2) is 11.5 Å². The normalized spacial score (nSPS) is 23.8. The molecule has 18 heavy (non-hydrogen) atoms. The summed E-state index contributed by atoms with van der Waals surface area (Å²) in [6.07, 6.45) is 3.60. The fraction of sp³-hybridized carbons (Fsp3) is 0.615. The molecule has 0 saturated carbocycles. The molecule has 0 aliphatic carbocycles. The van der Waals surface area contributed by atoms with Gasteiger partial charge in [-0.15, -0.1) is 10.2 Å². The molecule has 1 aliphatic heterocycles. The van der Waals surface area contributed by atoms with Gasteiger partial charge in [0.25, 0.3) is 0 Å². The Morgan fingerprint density at radius 1 is 1.28 bits per heavy atom. The molecule has 0 N–H and O–H groups in total. The highest BCUT2D eigenvalue weighted by Crippen LogP contribution is 2.27. The lowest BCUT2D eigenvalue weighted by molar-refractivity contribution is 0.0592. The van der Waals surface area contributed by atoms with Gasteiger partial charge in [-0.1, -0.05) is 0 Å². The monoisotopic (exact) mass is 249 g/mol. The van der Waals surface area contributed by atoms with Gasteiger partial charge in [-0.2, -0.15) is 0 Å². The SMILES string of the molecule is COC(=O)c1ccc(N2[C@H](C)CCC[C@@H]2C)nn1. The standard InChI is InChI=1S/C13H19N3O2/c1-9-5-4-6-10(2)16(9)12-8-7-11(14-15-12)13(17)18-3/h7-10H,4-6H2,1-3H3/t9-,10+. The van der Waals surface area contributed by atoms with Crippen LogP contribution >= 0.6 is 0 Å². The third-order valence-corrected chi connectivity index (χ3v) is 3.50. The first-order valence-electron chi connectivity index (χ1n) is 6.34. The van der Waals surface area contributed by atoms with E-state index in [2.05, 4.69) is 33.7 Å². The zero-order valence-electron chi connectivity index (χ0n) is 11.1. The van der Waals surface area contributed by atoms with Crippen molar-refractivity contribution in [3.8, 4) is 0 Å². The number of carbonyl (C=O) groups is 1. The fourth-order valence-electron chi connectivity index (χ4n) is 2.55. The van der Waals surface area contributed by atoms with Crippen LogP contribution in [0.3, 0.4) is 0 Å². The summed E-state index contributed by atoms with van der Waals surface area (Å²) in [7, 11) is 1.34. The van der Waals surface area contributed by atoms with Crippen molar-refractivity contribution in [1.82, 2.24) is 10.2 Å². The predicted molar refractivity (Wildman–Crippen MR) is 68.6 cm³/mol. The average Bonchev–Trinajstić information content (AvgIpc) is 2.38. The Balaban J connectivity index is 2.20. The van der Waals surface area contributed by atoms with E-state index in [4.69, 9.17) is 0 Å². The van der Waals surface area contributed by atoms with Crippen molar-refractivity contribution in [1.29, 1.82) is 0 Å². The van der Waals surface area contributed by atoms with Crippen LogP contribution < -0.4 is 4.90 Å². The summed E-state index contributed by atoms with van der Waals surface area (Å²) >= 11 is 0. The van der Waals surface area contributed by atoms with Crippen LogP contribution in [0.2, 0.25) is 0 Å². The Morgan fingerprint density at radius 2 is 1.94 bits per heavy atom. The van der Waals surface area contributed by atoms with Gasteiger partial charge in [0.1, 0.15) is 0 Å². The Bertz CT molecular complexity index is 409. The second kappa shape index (κ2) is 5.33. The van der Waals surface area contributed by atoms with Crippen molar-refractivity contribution in [2.24, 2.45) is 0 Å². The lowest BCUT2D eigenvalue weighted by atomic mass is 9.97. The maximum atomic E-state index is 11.3. The van der Waals surface area contributed by atoms with Crippen molar-refractivity contribution < 1.29 is 9.53 Å². The molecule has 5 nitrogen and oxygen atoms in total. The molecule has 1 aromatic heterocycles. The van der Waals surface area contributed by atoms with E-state index in [9.17, 15) is 4.79 Å². The van der Waals surface area contributed by atoms with E-state index in [1.54, 1.807) is 6.07 Å². The zero-order valence-corrected chi connectivity index (χ0v) is 11.1. The van der Waals surface area contributed by atoms with E-state index in [0.717, 1.165) is 5.82 Å². The van der Waals surface area contributed by atoms with Crippen LogP contribution in [0.1, 0.15) is 43.6 Å². The first-order chi connectivity index (χ1) is 8.63. The maximum Gasteiger partial charge on any atom is 0.358 e. The first-order valence-corrected chi connectivity index (χ1v) is 6.34. The van der Waals surface area contributed by atoms with E-state index < -0.39 is 5.97 Å². The van der Waals surface area contributed by atoms with Gasteiger partial charge >= 0.3 is 5.97 Å². The van der Waals surface area contributed by atoms with Crippen LogP contribution in [0.25, 0.3) is 0 Å². The molecule has 2 atom stereocenters. The molecule has 0 spiro atoms. The van der Waals surface area contributed by atoms with Crippen molar-refractivity contribution >= 4 is 11.8 Å². The summed E-state index contributed by atoms with van der Waals surface area (Å²) in [5.41, 5.74) is 0.249. The summed E-state index contributed by atoms with van der Waals surface area (Å²) < 4.78 is 4.61. The lowest BCUT2D eigenvalue weighted by Gasteiger charge is -2.39. The Kier molecular flexibility index (Phi) is 3.79. The van der Waals surface area contributed by atoms with Crippen LogP contribution in [0.4, 0.5) is 5.82 Å². The molecule has 0 aromatic carbocycles. The van der Waals surface area contributed by atoms with Crippen molar-refractivity contribution in [2.75, 3.05) is 12.0 Å². The van der Waals surface area contributed by atoms with E-state index in [1.807, 2.05) is 6.07 Å². The van der Waals surface area contributed by atoms with E-state index in [-0.39, 0.29) is 5.69 Å². The number of methoxy groups -OCH3 is 1. The van der Waals surface area contributed by atoms with Gasteiger partial charge in [-0.05, 0) is 45.2 Å². The first kappa shape index (κ1) is 12.8. The summed E-state index contributed by atoms with van der Waals surface area (Å²) in [5, 5.41) is 8.07. The minimum absolute atomic E-state index is 0.249. The Morgan fingerprint density at radius 3 is 2.44 bits per heavy atom. The Labute approximate surface area is 107 Å². The predicted octanol–water partition coefficient (Wildman–Crippen LogP) is 2.03. The lowest BCUT2D eigenvalue weighted by Crippen LogP contribution is -2.44. The van der Waals surface area contributed by atoms with E-state index >= 15 is 0 Å². The molecule has 0 bridgehead atoms. The molecule has 1 aliphatic rings. The van der Waals surface area contributed by atoms with Crippen LogP contribution in [0.15, 0.2) is 12.1 Å². The fourth-order valence-corrected chi connectivity index (χ4v) is 2.55. The van der Waals surface area contributed by atoms with E-state index in [0.29, 0.717) is 12.1 Å². The molecular formula is C13H19N3O2. The summed E-state index contributed by atoms with van der Waals surface area (Å²) in [6, 6.07) is 4.44. The average molecular weight is 249 g/mol. The minimum Gasteiger partial charge on any atom is -0.464 e. The number of carbonyl (C=O) groups excluding carboxylic acids is 1. The molecule has 1 saturated heterocycles. The number of piperidine rings is 1. The zero-order chi connectivity index (χ0) is 13.1. The molecule has 1 aromatic rings. The smallest absolute Gasteiger partial charge is 0.358 e. The highest BCUT2D eigenvalue weighted by molar-refractivity contribution is 5.86. The number of hydrogen-bond donors (Lipinski definition) is 0. The van der Waals surface area contributed by atoms with Crippen LogP contribution in [0, 0.1) is 0 Å². The number of anilines is 1. The number of rotatable bonds is 2. The number of aromatic nitrogens is 2. The van der Waals surface area contributed by atoms with Gasteiger partial charge in [-0.25, -0.2) is 4.79 Å². The van der Waals surface area contributed by atoms with Crippen molar-refractivity contribution in [3.63, 3.8) is 0 Å². The minimum atomic E-state index is -0.450. The summed E-state index contributed by atoms with van der Waals surface area (Å²) in [5.74, 6) is 0.385. The van der Waals surface area contributed by atoms with E-state index in [1.165, 1.54) is 26.4 Å². The highest BCUT2D eigenvalue weighted by Gasteiger charge is 2.26. The largest absolute Gasteiger partial charge is 0.464 e. The second-order valence-electron chi connectivity index (χ2n) is 4.80. The van der Waals surface area contributed by atoms with Crippen LogP contribution in [-0.4, -0.2) is 35.4 Å². The quantitative estimate of drug-likeness (QED) is 0.751.